The van der Waals surface area contributed by atoms with Gasteiger partial charge in [0.1, 0.15) is 18.8 Å². The van der Waals surface area contributed by atoms with E-state index in [1.165, 1.54) is 7.11 Å². The van der Waals surface area contributed by atoms with Crippen LogP contribution in [-0.2, 0) is 16.1 Å². The fourth-order valence-electron chi connectivity index (χ4n) is 2.92. The van der Waals surface area contributed by atoms with E-state index in [0.29, 0.717) is 22.0 Å². The van der Waals surface area contributed by atoms with Crippen molar-refractivity contribution >= 4 is 23.0 Å². The summed E-state index contributed by atoms with van der Waals surface area (Å²) in [4.78, 5) is 26.4. The number of alkyl carbamates (subject to hydrolysis) is 1. The summed E-state index contributed by atoms with van der Waals surface area (Å²) in [6, 6.07) is 14.0. The van der Waals surface area contributed by atoms with Crippen LogP contribution in [0.1, 0.15) is 27.6 Å². The highest BCUT2D eigenvalue weighted by molar-refractivity contribution is 5.95. The lowest BCUT2D eigenvalue weighted by Gasteiger charge is -2.18. The molecule has 3 rings (SSSR count). The molecule has 3 aromatic rings. The van der Waals surface area contributed by atoms with Crippen LogP contribution in [0.5, 0.6) is 0 Å². The van der Waals surface area contributed by atoms with Crippen molar-refractivity contribution in [3.8, 4) is 0 Å². The highest BCUT2D eigenvalue weighted by Crippen LogP contribution is 2.27. The van der Waals surface area contributed by atoms with Crippen LogP contribution in [0.15, 0.2) is 54.7 Å². The second kappa shape index (κ2) is 9.22. The van der Waals surface area contributed by atoms with Crippen molar-refractivity contribution in [3.63, 3.8) is 0 Å². The minimum atomic E-state index is -1.25. The van der Waals surface area contributed by atoms with E-state index in [-0.39, 0.29) is 13.2 Å². The predicted molar refractivity (Wildman–Crippen MR) is 105 cm³/mol. The number of ether oxygens (including phenoxy) is 2. The molecule has 0 spiro atoms. The number of amides is 1. The predicted octanol–water partition coefficient (Wildman–Crippen LogP) is 2.28. The molecule has 0 radical (unpaired) electrons. The van der Waals surface area contributed by atoms with Crippen molar-refractivity contribution in [1.82, 2.24) is 10.3 Å². The van der Waals surface area contributed by atoms with Gasteiger partial charge in [-0.3, -0.25) is 0 Å². The van der Waals surface area contributed by atoms with Gasteiger partial charge < -0.3 is 30.0 Å². The number of aromatic nitrogens is 1. The zero-order valence-corrected chi connectivity index (χ0v) is 15.8. The molecule has 0 fully saturated rings. The molecule has 0 saturated heterocycles. The Morgan fingerprint density at radius 1 is 1.14 bits per heavy atom. The van der Waals surface area contributed by atoms with Crippen molar-refractivity contribution in [2.75, 3.05) is 13.7 Å². The van der Waals surface area contributed by atoms with Crippen LogP contribution in [0.4, 0.5) is 4.79 Å². The number of carbonyl (C=O) groups is 2. The summed E-state index contributed by atoms with van der Waals surface area (Å²) in [7, 11) is 1.30. The quantitative estimate of drug-likeness (QED) is 0.453. The first kappa shape index (κ1) is 20.4. The molecule has 2 atom stereocenters. The van der Waals surface area contributed by atoms with E-state index in [0.717, 1.165) is 5.56 Å². The number of fused-ring (bicyclic) bond motifs is 1. The summed E-state index contributed by atoms with van der Waals surface area (Å²) in [6.45, 7) is -0.0853. The zero-order chi connectivity index (χ0) is 20.8. The number of methoxy groups -OCH3 is 1. The zero-order valence-electron chi connectivity index (χ0n) is 15.8. The van der Waals surface area contributed by atoms with Gasteiger partial charge in [-0.1, -0.05) is 36.4 Å². The fourth-order valence-corrected chi connectivity index (χ4v) is 2.92. The van der Waals surface area contributed by atoms with Crippen LogP contribution in [0.25, 0.3) is 10.9 Å². The molecule has 1 heterocycles. The van der Waals surface area contributed by atoms with Gasteiger partial charge in [-0.15, -0.1) is 0 Å². The van der Waals surface area contributed by atoms with Crippen LogP contribution in [-0.4, -0.2) is 47.0 Å². The second-order valence-electron chi connectivity index (χ2n) is 6.45. The number of H-pyrrole nitrogens is 1. The molecular weight excluding hydrogens is 376 g/mol. The van der Waals surface area contributed by atoms with Crippen LogP contribution in [0.3, 0.4) is 0 Å². The molecule has 4 N–H and O–H groups in total. The molecule has 0 bridgehead atoms. The maximum atomic E-state index is 11.8. The summed E-state index contributed by atoms with van der Waals surface area (Å²) in [5, 5.41) is 23.8. The minimum Gasteiger partial charge on any atom is -0.465 e. The summed E-state index contributed by atoms with van der Waals surface area (Å²) in [5.41, 5.74) is 2.27. The average Bonchev–Trinajstić information content (AvgIpc) is 3.18. The molecule has 0 aliphatic rings. The van der Waals surface area contributed by atoms with Crippen molar-refractivity contribution in [2.24, 2.45) is 0 Å². The first-order chi connectivity index (χ1) is 14.0. The van der Waals surface area contributed by atoms with Gasteiger partial charge in [-0.05, 0) is 17.7 Å². The molecule has 0 aliphatic carbocycles. The molecule has 152 valence electrons. The summed E-state index contributed by atoms with van der Waals surface area (Å²) < 4.78 is 9.76. The average molecular weight is 398 g/mol. The molecule has 29 heavy (non-hydrogen) atoms. The van der Waals surface area contributed by atoms with Crippen molar-refractivity contribution < 1.29 is 29.3 Å². The van der Waals surface area contributed by atoms with Gasteiger partial charge in [0.2, 0.25) is 0 Å². The van der Waals surface area contributed by atoms with E-state index in [4.69, 9.17) is 4.74 Å². The maximum Gasteiger partial charge on any atom is 0.407 e. The number of hydrogen-bond donors (Lipinski definition) is 4. The molecule has 1 aromatic heterocycles. The normalized spacial score (nSPS) is 12.9. The first-order valence-corrected chi connectivity index (χ1v) is 8.99. The number of nitrogens with one attached hydrogen (secondary N) is 2. The third kappa shape index (κ3) is 4.92. The van der Waals surface area contributed by atoms with Gasteiger partial charge >= 0.3 is 12.1 Å². The smallest absolute Gasteiger partial charge is 0.407 e. The largest absolute Gasteiger partial charge is 0.465 e. The molecule has 2 unspecified atom stereocenters. The number of esters is 1. The number of aliphatic hydroxyl groups excluding tert-OH is 2. The number of aromatic amines is 1. The number of rotatable bonds is 7. The molecular formula is C21H22N2O6. The number of aliphatic hydroxyl groups is 2. The Labute approximate surface area is 167 Å². The molecule has 0 aliphatic heterocycles. The Kier molecular flexibility index (Phi) is 6.48. The van der Waals surface area contributed by atoms with Gasteiger partial charge in [-0.2, -0.15) is 0 Å². The molecule has 1 amide bonds. The van der Waals surface area contributed by atoms with Crippen molar-refractivity contribution in [1.29, 1.82) is 0 Å². The third-order valence-electron chi connectivity index (χ3n) is 4.49. The Bertz CT molecular complexity index is 985. The molecule has 8 nitrogen and oxygen atoms in total. The lowest BCUT2D eigenvalue weighted by Crippen LogP contribution is -2.35. The van der Waals surface area contributed by atoms with E-state index >= 15 is 0 Å². The SMILES string of the molecule is COC(=O)c1ccc2c(C(O)C(O)CNC(=O)OCc3ccccc3)c[nH]c2c1. The molecule has 2 aromatic carbocycles. The fraction of sp³-hybridized carbons (Fsp3) is 0.238. The topological polar surface area (TPSA) is 121 Å². The summed E-state index contributed by atoms with van der Waals surface area (Å²) in [5.74, 6) is -0.471. The Balaban J connectivity index is 1.57. The van der Waals surface area contributed by atoms with Gasteiger partial charge in [0.15, 0.2) is 0 Å². The van der Waals surface area contributed by atoms with Gasteiger partial charge in [0.25, 0.3) is 0 Å². The summed E-state index contributed by atoms with van der Waals surface area (Å²) >= 11 is 0. The van der Waals surface area contributed by atoms with E-state index in [1.807, 2.05) is 30.3 Å². The Hall–Kier alpha value is -3.36. The minimum absolute atomic E-state index is 0.107. The standard InChI is InChI=1S/C21H22N2O6/c1-28-20(26)14-7-8-15-16(10-22-17(15)9-14)19(25)18(24)11-23-21(27)29-12-13-5-3-2-4-6-13/h2-10,18-19,22,24-25H,11-12H2,1H3,(H,23,27). The highest BCUT2D eigenvalue weighted by atomic mass is 16.5. The van der Waals surface area contributed by atoms with Crippen LogP contribution < -0.4 is 5.32 Å². The lowest BCUT2D eigenvalue weighted by atomic mass is 10.0. The van der Waals surface area contributed by atoms with E-state index in [2.05, 4.69) is 15.0 Å². The third-order valence-corrected chi connectivity index (χ3v) is 4.49. The second-order valence-corrected chi connectivity index (χ2v) is 6.45. The van der Waals surface area contributed by atoms with Crippen molar-refractivity contribution in [3.05, 3.63) is 71.4 Å². The van der Waals surface area contributed by atoms with E-state index in [1.54, 1.807) is 24.4 Å². The van der Waals surface area contributed by atoms with Gasteiger partial charge in [0.05, 0.1) is 12.7 Å². The van der Waals surface area contributed by atoms with Gasteiger partial charge in [-0.25, -0.2) is 9.59 Å². The van der Waals surface area contributed by atoms with Crippen LogP contribution in [0.2, 0.25) is 0 Å². The molecule has 8 heteroatoms. The Morgan fingerprint density at radius 2 is 1.90 bits per heavy atom. The van der Waals surface area contributed by atoms with E-state index in [9.17, 15) is 19.8 Å². The highest BCUT2D eigenvalue weighted by Gasteiger charge is 2.22. The van der Waals surface area contributed by atoms with Crippen LogP contribution in [0, 0.1) is 0 Å². The summed E-state index contributed by atoms with van der Waals surface area (Å²) in [6.07, 6.45) is -1.64. The number of benzene rings is 2. The monoisotopic (exact) mass is 398 g/mol. The molecule has 0 saturated carbocycles. The van der Waals surface area contributed by atoms with Gasteiger partial charge in [0, 0.05) is 29.2 Å². The van der Waals surface area contributed by atoms with Crippen molar-refractivity contribution in [2.45, 2.75) is 18.8 Å². The maximum absolute atomic E-state index is 11.8. The number of carbonyl (C=O) groups excluding carboxylic acids is 2. The first-order valence-electron chi connectivity index (χ1n) is 8.99. The van der Waals surface area contributed by atoms with E-state index < -0.39 is 24.3 Å². The Morgan fingerprint density at radius 3 is 2.62 bits per heavy atom. The van der Waals surface area contributed by atoms with Crippen LogP contribution >= 0.6 is 0 Å². The number of hydrogen-bond acceptors (Lipinski definition) is 6. The lowest BCUT2D eigenvalue weighted by molar-refractivity contribution is 0.0192.